The highest BCUT2D eigenvalue weighted by atomic mass is 32.1. The van der Waals surface area contributed by atoms with Crippen molar-refractivity contribution >= 4 is 28.3 Å². The summed E-state index contributed by atoms with van der Waals surface area (Å²) < 4.78 is 12.4. The second-order valence-corrected chi connectivity index (χ2v) is 5.44. The van der Waals surface area contributed by atoms with Crippen LogP contribution in [0.15, 0.2) is 23.8 Å². The predicted octanol–water partition coefficient (Wildman–Crippen LogP) is 2.26. The van der Waals surface area contributed by atoms with E-state index in [4.69, 9.17) is 14.6 Å². The van der Waals surface area contributed by atoms with Crippen molar-refractivity contribution in [1.82, 2.24) is 14.5 Å². The van der Waals surface area contributed by atoms with Crippen LogP contribution in [0.5, 0.6) is 11.5 Å². The lowest BCUT2D eigenvalue weighted by atomic mass is 10.2. The topological polar surface area (TPSA) is 86.5 Å². The maximum Gasteiger partial charge on any atom is 0.355 e. The zero-order valence-corrected chi connectivity index (χ0v) is 12.8. The number of methoxy groups -OCH3 is 2. The zero-order chi connectivity index (χ0) is 15.7. The number of imidazole rings is 1. The molecule has 7 nitrogen and oxygen atoms in total. The number of hydrogen-bond donors (Lipinski definition) is 1. The molecule has 0 saturated carbocycles. The normalized spacial score (nSPS) is 10.8. The summed E-state index contributed by atoms with van der Waals surface area (Å²) >= 11 is 1.31. The number of benzene rings is 1. The van der Waals surface area contributed by atoms with E-state index in [2.05, 4.69) is 9.97 Å². The number of carbonyl (C=O) groups is 1. The molecule has 0 aliphatic carbocycles. The van der Waals surface area contributed by atoms with Gasteiger partial charge in [0.15, 0.2) is 17.2 Å². The fourth-order valence-corrected chi connectivity index (χ4v) is 2.90. The maximum absolute atomic E-state index is 10.9. The Labute approximate surface area is 129 Å². The first-order chi connectivity index (χ1) is 10.6. The molecule has 22 heavy (non-hydrogen) atoms. The van der Waals surface area contributed by atoms with Crippen molar-refractivity contribution in [2.45, 2.75) is 6.54 Å². The summed E-state index contributed by atoms with van der Waals surface area (Å²) in [5, 5.41) is 11.1. The molecule has 3 rings (SSSR count). The molecule has 2 aromatic heterocycles. The number of nitrogens with zero attached hydrogens (tertiary/aromatic N) is 3. The monoisotopic (exact) mass is 319 g/mol. The molecule has 2 heterocycles. The highest BCUT2D eigenvalue weighted by Gasteiger charge is 2.13. The van der Waals surface area contributed by atoms with Crippen molar-refractivity contribution in [2.24, 2.45) is 0 Å². The average molecular weight is 319 g/mol. The molecule has 0 radical (unpaired) electrons. The molecular weight excluding hydrogens is 306 g/mol. The summed E-state index contributed by atoms with van der Waals surface area (Å²) in [5.41, 5.74) is 1.70. The van der Waals surface area contributed by atoms with Crippen LogP contribution in [-0.4, -0.2) is 39.8 Å². The Morgan fingerprint density at radius 2 is 2.05 bits per heavy atom. The molecule has 0 aliphatic rings. The minimum absolute atomic E-state index is 0.0590. The van der Waals surface area contributed by atoms with Crippen molar-refractivity contribution in [1.29, 1.82) is 0 Å². The molecule has 3 aromatic rings. The Hall–Kier alpha value is -2.61. The Balaban J connectivity index is 1.98. The van der Waals surface area contributed by atoms with E-state index in [1.807, 2.05) is 10.6 Å². The van der Waals surface area contributed by atoms with E-state index in [9.17, 15) is 4.79 Å². The number of rotatable bonds is 5. The van der Waals surface area contributed by atoms with E-state index in [0.29, 0.717) is 23.1 Å². The molecule has 0 spiro atoms. The first kappa shape index (κ1) is 14.3. The number of carboxylic acid groups (broad SMARTS) is 1. The van der Waals surface area contributed by atoms with E-state index in [0.717, 1.165) is 11.0 Å². The van der Waals surface area contributed by atoms with Gasteiger partial charge in [0.2, 0.25) is 0 Å². The highest BCUT2D eigenvalue weighted by molar-refractivity contribution is 7.09. The fraction of sp³-hybridized carbons (Fsp3) is 0.214. The van der Waals surface area contributed by atoms with E-state index in [-0.39, 0.29) is 5.69 Å². The summed E-state index contributed by atoms with van der Waals surface area (Å²) in [5.74, 6) is 0.203. The van der Waals surface area contributed by atoms with Crippen molar-refractivity contribution in [2.75, 3.05) is 14.2 Å². The standard InChI is InChI=1S/C14H13N3O4S/c1-20-11-3-8-10(4-12(11)21-2)17(7-15-8)5-13-16-9(6-22-13)14(18)19/h3-4,6-7H,5H2,1-2H3,(H,18,19). The number of thiazole rings is 1. The first-order valence-electron chi connectivity index (χ1n) is 6.37. The maximum atomic E-state index is 10.9. The quantitative estimate of drug-likeness (QED) is 0.776. The van der Waals surface area contributed by atoms with E-state index >= 15 is 0 Å². The van der Waals surface area contributed by atoms with Crippen LogP contribution < -0.4 is 9.47 Å². The summed E-state index contributed by atoms with van der Waals surface area (Å²) in [6.07, 6.45) is 1.69. The molecular formula is C14H13N3O4S. The number of fused-ring (bicyclic) bond motifs is 1. The van der Waals surface area contributed by atoms with E-state index in [1.165, 1.54) is 16.7 Å². The summed E-state index contributed by atoms with van der Waals surface area (Å²) in [6.45, 7) is 0.448. The van der Waals surface area contributed by atoms with Crippen LogP contribution in [-0.2, 0) is 6.54 Å². The molecule has 0 unspecified atom stereocenters. The Bertz CT molecular complexity index is 840. The number of aromatic carboxylic acids is 1. The minimum Gasteiger partial charge on any atom is -0.493 e. The molecule has 1 N–H and O–H groups in total. The highest BCUT2D eigenvalue weighted by Crippen LogP contribution is 2.31. The fourth-order valence-electron chi connectivity index (χ4n) is 2.14. The smallest absolute Gasteiger partial charge is 0.355 e. The van der Waals surface area contributed by atoms with Gasteiger partial charge in [-0.15, -0.1) is 11.3 Å². The average Bonchev–Trinajstić information content (AvgIpc) is 3.13. The number of ether oxygens (including phenoxy) is 2. The van der Waals surface area contributed by atoms with Crippen molar-refractivity contribution in [3.63, 3.8) is 0 Å². The lowest BCUT2D eigenvalue weighted by Crippen LogP contribution is -2.01. The molecule has 114 valence electrons. The third-order valence-corrected chi connectivity index (χ3v) is 4.04. The van der Waals surface area contributed by atoms with Crippen LogP contribution >= 0.6 is 11.3 Å². The molecule has 0 atom stereocenters. The second kappa shape index (κ2) is 5.64. The van der Waals surface area contributed by atoms with Gasteiger partial charge < -0.3 is 19.1 Å². The minimum atomic E-state index is -1.02. The summed E-state index contributed by atoms with van der Waals surface area (Å²) in [7, 11) is 3.15. The third-order valence-electron chi connectivity index (χ3n) is 3.20. The van der Waals surface area contributed by atoms with Gasteiger partial charge in [-0.05, 0) is 0 Å². The Morgan fingerprint density at radius 3 is 2.68 bits per heavy atom. The van der Waals surface area contributed by atoms with Gasteiger partial charge >= 0.3 is 5.97 Å². The van der Waals surface area contributed by atoms with Gasteiger partial charge in [-0.1, -0.05) is 0 Å². The SMILES string of the molecule is COc1cc2ncn(Cc3nc(C(=O)O)cs3)c2cc1OC. The van der Waals surface area contributed by atoms with Gasteiger partial charge in [-0.3, -0.25) is 0 Å². The molecule has 0 aliphatic heterocycles. The van der Waals surface area contributed by atoms with E-state index in [1.54, 1.807) is 26.6 Å². The van der Waals surface area contributed by atoms with Gasteiger partial charge in [0, 0.05) is 17.5 Å². The summed E-state index contributed by atoms with van der Waals surface area (Å²) in [6, 6.07) is 3.64. The predicted molar refractivity (Wildman–Crippen MR) is 81.0 cm³/mol. The van der Waals surface area contributed by atoms with Gasteiger partial charge in [0.05, 0.1) is 38.1 Å². The Morgan fingerprint density at radius 1 is 1.32 bits per heavy atom. The lowest BCUT2D eigenvalue weighted by molar-refractivity contribution is 0.0691. The molecule has 8 heteroatoms. The van der Waals surface area contributed by atoms with Crippen molar-refractivity contribution in [3.8, 4) is 11.5 Å². The van der Waals surface area contributed by atoms with Crippen LogP contribution in [0, 0.1) is 0 Å². The lowest BCUT2D eigenvalue weighted by Gasteiger charge is -2.08. The molecule has 0 saturated heterocycles. The van der Waals surface area contributed by atoms with Crippen LogP contribution in [0.3, 0.4) is 0 Å². The van der Waals surface area contributed by atoms with Crippen molar-refractivity contribution in [3.05, 3.63) is 34.5 Å². The zero-order valence-electron chi connectivity index (χ0n) is 11.9. The van der Waals surface area contributed by atoms with Gasteiger partial charge in [-0.25, -0.2) is 14.8 Å². The molecule has 0 bridgehead atoms. The van der Waals surface area contributed by atoms with Crippen LogP contribution in [0.25, 0.3) is 11.0 Å². The van der Waals surface area contributed by atoms with Crippen LogP contribution in [0.4, 0.5) is 0 Å². The summed E-state index contributed by atoms with van der Waals surface area (Å²) in [4.78, 5) is 19.3. The largest absolute Gasteiger partial charge is 0.493 e. The number of aromatic nitrogens is 3. The molecule has 1 aromatic carbocycles. The molecule has 0 fully saturated rings. The van der Waals surface area contributed by atoms with Gasteiger partial charge in [-0.2, -0.15) is 0 Å². The first-order valence-corrected chi connectivity index (χ1v) is 7.25. The third kappa shape index (κ3) is 2.48. The second-order valence-electron chi connectivity index (χ2n) is 4.50. The number of carboxylic acids is 1. The van der Waals surface area contributed by atoms with E-state index < -0.39 is 5.97 Å². The molecule has 0 amide bonds. The van der Waals surface area contributed by atoms with Gasteiger partial charge in [0.25, 0.3) is 0 Å². The van der Waals surface area contributed by atoms with Crippen LogP contribution in [0.2, 0.25) is 0 Å². The Kier molecular flexibility index (Phi) is 3.68. The van der Waals surface area contributed by atoms with Crippen LogP contribution in [0.1, 0.15) is 15.5 Å². The van der Waals surface area contributed by atoms with Gasteiger partial charge in [0.1, 0.15) is 5.01 Å². The number of hydrogen-bond acceptors (Lipinski definition) is 6. The van der Waals surface area contributed by atoms with Crippen molar-refractivity contribution < 1.29 is 19.4 Å².